The van der Waals surface area contributed by atoms with E-state index in [1.54, 1.807) is 12.2 Å². The van der Waals surface area contributed by atoms with E-state index in [-0.39, 0.29) is 41.2 Å². The predicted molar refractivity (Wildman–Crippen MR) is 99.7 cm³/mol. The van der Waals surface area contributed by atoms with Crippen molar-refractivity contribution in [1.82, 2.24) is 0 Å². The molecule has 0 bridgehead atoms. The Bertz CT molecular complexity index is 714. The lowest BCUT2D eigenvalue weighted by molar-refractivity contribution is -0.160. The van der Waals surface area contributed by atoms with E-state index < -0.39 is 16.8 Å². The minimum Gasteiger partial charge on any atom is -0.462 e. The minimum atomic E-state index is -1.04. The van der Waals surface area contributed by atoms with Crippen LogP contribution in [0.2, 0.25) is 0 Å². The Labute approximate surface area is 160 Å². The van der Waals surface area contributed by atoms with Crippen LogP contribution in [0.4, 0.5) is 0 Å². The van der Waals surface area contributed by atoms with E-state index >= 15 is 0 Å². The van der Waals surface area contributed by atoms with E-state index in [0.29, 0.717) is 38.5 Å². The van der Waals surface area contributed by atoms with Crippen LogP contribution in [-0.4, -0.2) is 29.4 Å². The Morgan fingerprint density at radius 1 is 0.852 bits per heavy atom. The van der Waals surface area contributed by atoms with Gasteiger partial charge in [-0.25, -0.2) is 0 Å². The molecule has 3 rings (SSSR count). The van der Waals surface area contributed by atoms with Gasteiger partial charge in [0.1, 0.15) is 28.9 Å². The zero-order chi connectivity index (χ0) is 20.0. The molecule has 0 aromatic heterocycles. The van der Waals surface area contributed by atoms with Gasteiger partial charge in [-0.1, -0.05) is 12.2 Å². The van der Waals surface area contributed by atoms with Crippen LogP contribution in [0, 0.1) is 28.6 Å². The molecule has 5 nitrogen and oxygen atoms in total. The predicted octanol–water partition coefficient (Wildman–Crippen LogP) is 3.22. The zero-order valence-electron chi connectivity index (χ0n) is 16.2. The standard InChI is InChI=1S/C22H28O5/c1-5-16-11-21(16,13(3)23)19(25)15-7-9-18(10-8-15)27-20(26)22(14(4)24)12-17(22)6-2/h5-6,15-18H,1-2,7-12H2,3-4H3. The van der Waals surface area contributed by atoms with Crippen LogP contribution in [0.1, 0.15) is 52.4 Å². The van der Waals surface area contributed by atoms with Gasteiger partial charge in [-0.15, -0.1) is 13.2 Å². The topological polar surface area (TPSA) is 77.5 Å². The number of allylic oxidation sites excluding steroid dienone is 2. The molecule has 0 saturated heterocycles. The summed E-state index contributed by atoms with van der Waals surface area (Å²) >= 11 is 0. The fraction of sp³-hybridized carbons (Fsp3) is 0.636. The van der Waals surface area contributed by atoms with Gasteiger partial charge in [-0.05, 0) is 58.3 Å². The maximum atomic E-state index is 12.9. The Balaban J connectivity index is 1.57. The molecule has 0 radical (unpaired) electrons. The van der Waals surface area contributed by atoms with Crippen molar-refractivity contribution in [3.63, 3.8) is 0 Å². The summed E-state index contributed by atoms with van der Waals surface area (Å²) in [5.41, 5.74) is -1.90. The van der Waals surface area contributed by atoms with Crippen LogP contribution in [0.15, 0.2) is 25.3 Å². The first kappa shape index (κ1) is 19.7. The first-order valence-corrected chi connectivity index (χ1v) is 9.76. The highest BCUT2D eigenvalue weighted by Gasteiger charge is 2.64. The van der Waals surface area contributed by atoms with Gasteiger partial charge in [0.2, 0.25) is 0 Å². The molecule has 0 aromatic rings. The van der Waals surface area contributed by atoms with Crippen molar-refractivity contribution >= 4 is 23.3 Å². The molecule has 4 atom stereocenters. The zero-order valence-corrected chi connectivity index (χ0v) is 16.2. The van der Waals surface area contributed by atoms with Gasteiger partial charge in [-0.2, -0.15) is 0 Å². The molecule has 3 aliphatic rings. The number of esters is 1. The molecule has 4 unspecified atom stereocenters. The summed E-state index contributed by atoms with van der Waals surface area (Å²) in [5, 5.41) is 0. The van der Waals surface area contributed by atoms with Crippen molar-refractivity contribution in [2.24, 2.45) is 28.6 Å². The molecule has 3 aliphatic carbocycles. The third kappa shape index (κ3) is 3.01. The fourth-order valence-corrected chi connectivity index (χ4v) is 4.85. The van der Waals surface area contributed by atoms with Crippen molar-refractivity contribution in [2.45, 2.75) is 58.5 Å². The van der Waals surface area contributed by atoms with Crippen molar-refractivity contribution in [1.29, 1.82) is 0 Å². The van der Waals surface area contributed by atoms with E-state index in [1.807, 2.05) is 0 Å². The minimum absolute atomic E-state index is 0.0267. The van der Waals surface area contributed by atoms with E-state index in [4.69, 9.17) is 4.74 Å². The lowest BCUT2D eigenvalue weighted by atomic mass is 9.77. The molecule has 0 spiro atoms. The second-order valence-corrected chi connectivity index (χ2v) is 8.39. The summed E-state index contributed by atoms with van der Waals surface area (Å²) in [6.07, 6.45) is 6.51. The average Bonchev–Trinajstić information content (AvgIpc) is 3.53. The lowest BCUT2D eigenvalue weighted by Gasteiger charge is -2.30. The van der Waals surface area contributed by atoms with Gasteiger partial charge in [0.15, 0.2) is 0 Å². The molecular weight excluding hydrogens is 344 g/mol. The summed E-state index contributed by atoms with van der Waals surface area (Å²) in [4.78, 5) is 49.5. The van der Waals surface area contributed by atoms with Gasteiger partial charge < -0.3 is 4.74 Å². The average molecular weight is 372 g/mol. The van der Waals surface area contributed by atoms with E-state index in [9.17, 15) is 19.2 Å². The smallest absolute Gasteiger partial charge is 0.320 e. The van der Waals surface area contributed by atoms with E-state index in [2.05, 4.69) is 13.2 Å². The van der Waals surface area contributed by atoms with Gasteiger partial charge in [0.05, 0.1) is 5.41 Å². The third-order valence-electron chi connectivity index (χ3n) is 6.98. The van der Waals surface area contributed by atoms with Crippen LogP contribution in [0.25, 0.3) is 0 Å². The monoisotopic (exact) mass is 372 g/mol. The van der Waals surface area contributed by atoms with Gasteiger partial charge >= 0.3 is 5.97 Å². The van der Waals surface area contributed by atoms with Crippen molar-refractivity contribution in [3.8, 4) is 0 Å². The first-order chi connectivity index (χ1) is 12.7. The molecule has 5 heteroatoms. The number of rotatable bonds is 8. The Kier molecular flexibility index (Phi) is 5.00. The number of hydrogen-bond donors (Lipinski definition) is 0. The molecule has 0 aliphatic heterocycles. The summed E-state index contributed by atoms with van der Waals surface area (Å²) in [6, 6.07) is 0. The van der Waals surface area contributed by atoms with Crippen molar-refractivity contribution < 1.29 is 23.9 Å². The number of ether oxygens (including phenoxy) is 1. The lowest BCUT2D eigenvalue weighted by Crippen LogP contribution is -2.37. The molecular formula is C22H28O5. The summed E-state index contributed by atoms with van der Waals surface area (Å²) in [6.45, 7) is 10.3. The highest BCUT2D eigenvalue weighted by atomic mass is 16.5. The maximum Gasteiger partial charge on any atom is 0.320 e. The second kappa shape index (κ2) is 6.84. The van der Waals surface area contributed by atoms with Crippen LogP contribution >= 0.6 is 0 Å². The Morgan fingerprint density at radius 2 is 1.33 bits per heavy atom. The van der Waals surface area contributed by atoms with Crippen molar-refractivity contribution in [3.05, 3.63) is 25.3 Å². The van der Waals surface area contributed by atoms with Crippen LogP contribution in [-0.2, 0) is 23.9 Å². The Morgan fingerprint density at radius 3 is 1.74 bits per heavy atom. The fourth-order valence-electron chi connectivity index (χ4n) is 4.85. The largest absolute Gasteiger partial charge is 0.462 e. The normalized spacial score (nSPS) is 39.8. The molecule has 0 aromatic carbocycles. The molecule has 0 heterocycles. The third-order valence-corrected chi connectivity index (χ3v) is 6.98. The van der Waals surface area contributed by atoms with Crippen molar-refractivity contribution in [2.75, 3.05) is 0 Å². The number of carbonyl (C=O) groups is 4. The van der Waals surface area contributed by atoms with Crippen LogP contribution in [0.3, 0.4) is 0 Å². The molecule has 3 saturated carbocycles. The van der Waals surface area contributed by atoms with E-state index in [1.165, 1.54) is 13.8 Å². The highest BCUT2D eigenvalue weighted by Crippen LogP contribution is 2.57. The number of ketones is 3. The first-order valence-electron chi connectivity index (χ1n) is 9.76. The molecule has 146 valence electrons. The number of hydrogen-bond acceptors (Lipinski definition) is 5. The Hall–Kier alpha value is -2.04. The summed E-state index contributed by atoms with van der Waals surface area (Å²) in [7, 11) is 0. The number of carbonyl (C=O) groups excluding carboxylic acids is 4. The van der Waals surface area contributed by atoms with E-state index in [0.717, 1.165) is 0 Å². The molecule has 27 heavy (non-hydrogen) atoms. The summed E-state index contributed by atoms with van der Waals surface area (Å²) in [5.74, 6) is -1.02. The van der Waals surface area contributed by atoms with Gasteiger partial charge in [0, 0.05) is 11.8 Å². The second-order valence-electron chi connectivity index (χ2n) is 8.39. The molecule has 0 amide bonds. The molecule has 0 N–H and O–H groups in total. The number of Topliss-reactive ketones (excluding diaryl/α,β-unsaturated/α-hetero) is 3. The quantitative estimate of drug-likeness (QED) is 0.371. The van der Waals surface area contributed by atoms with Gasteiger partial charge in [0.25, 0.3) is 0 Å². The van der Waals surface area contributed by atoms with Crippen LogP contribution in [0.5, 0.6) is 0 Å². The molecule has 3 fully saturated rings. The highest BCUT2D eigenvalue weighted by molar-refractivity contribution is 6.10. The van der Waals surface area contributed by atoms with Crippen LogP contribution < -0.4 is 0 Å². The SMILES string of the molecule is C=CC1CC1(C(C)=O)C(=O)OC1CCC(C(=O)C2(C(C)=O)CC2C=C)CC1. The van der Waals surface area contributed by atoms with Gasteiger partial charge in [-0.3, -0.25) is 19.2 Å². The maximum absolute atomic E-state index is 12.9. The summed E-state index contributed by atoms with van der Waals surface area (Å²) < 4.78 is 5.63.